The molecule has 6 nitrogen and oxygen atoms in total. The molecule has 1 aromatic carbocycles. The van der Waals surface area contributed by atoms with Gasteiger partial charge in [0.05, 0.1) is 23.4 Å². The molecular weight excluding hydrogens is 316 g/mol. The van der Waals surface area contributed by atoms with Crippen molar-refractivity contribution in [3.63, 3.8) is 0 Å². The number of aromatic nitrogens is 3. The maximum Gasteiger partial charge on any atom is 0.248 e. The SMILES string of the molecule is CC(C(=O)NC1CCCc2[nH]c(=O)ccc21)n1cnc2ccccc21. The average molecular weight is 336 g/mol. The molecule has 25 heavy (non-hydrogen) atoms. The molecule has 0 saturated carbocycles. The molecule has 2 aromatic heterocycles. The fourth-order valence-corrected chi connectivity index (χ4v) is 3.56. The number of benzene rings is 1. The van der Waals surface area contributed by atoms with E-state index in [0.717, 1.165) is 41.6 Å². The van der Waals surface area contributed by atoms with Crippen LogP contribution in [0.15, 0.2) is 47.5 Å². The predicted octanol–water partition coefficient (Wildman–Crippen LogP) is 2.48. The quantitative estimate of drug-likeness (QED) is 0.771. The van der Waals surface area contributed by atoms with Gasteiger partial charge < -0.3 is 14.9 Å². The second-order valence-corrected chi connectivity index (χ2v) is 6.53. The number of nitrogens with zero attached hydrogens (tertiary/aromatic N) is 2. The Kier molecular flexibility index (Phi) is 3.87. The summed E-state index contributed by atoms with van der Waals surface area (Å²) in [4.78, 5) is 31.6. The lowest BCUT2D eigenvalue weighted by atomic mass is 9.91. The second-order valence-electron chi connectivity index (χ2n) is 6.53. The molecule has 0 aliphatic heterocycles. The third kappa shape index (κ3) is 2.84. The van der Waals surface area contributed by atoms with E-state index >= 15 is 0 Å². The molecule has 2 atom stereocenters. The Morgan fingerprint density at radius 1 is 1.32 bits per heavy atom. The number of hydrogen-bond donors (Lipinski definition) is 2. The minimum atomic E-state index is -0.361. The van der Waals surface area contributed by atoms with Crippen LogP contribution in [0.3, 0.4) is 0 Å². The Balaban J connectivity index is 1.57. The molecule has 2 N–H and O–H groups in total. The summed E-state index contributed by atoms with van der Waals surface area (Å²) in [6.07, 6.45) is 4.38. The van der Waals surface area contributed by atoms with Crippen LogP contribution >= 0.6 is 0 Å². The normalized spacial score (nSPS) is 17.9. The Bertz CT molecular complexity index is 988. The van der Waals surface area contributed by atoms with E-state index in [1.54, 1.807) is 6.33 Å². The van der Waals surface area contributed by atoms with Gasteiger partial charge in [-0.05, 0) is 49.9 Å². The molecule has 0 radical (unpaired) electrons. The van der Waals surface area contributed by atoms with Crippen LogP contribution in [0.2, 0.25) is 0 Å². The topological polar surface area (TPSA) is 79.8 Å². The van der Waals surface area contributed by atoms with Crippen molar-refractivity contribution in [2.45, 2.75) is 38.3 Å². The Morgan fingerprint density at radius 2 is 2.16 bits per heavy atom. The molecule has 4 rings (SSSR count). The third-order valence-corrected chi connectivity index (χ3v) is 4.93. The van der Waals surface area contributed by atoms with E-state index in [9.17, 15) is 9.59 Å². The largest absolute Gasteiger partial charge is 0.347 e. The minimum Gasteiger partial charge on any atom is -0.347 e. The number of fused-ring (bicyclic) bond motifs is 2. The Hall–Kier alpha value is -2.89. The summed E-state index contributed by atoms with van der Waals surface area (Å²) in [6.45, 7) is 1.88. The first-order valence-electron chi connectivity index (χ1n) is 8.57. The van der Waals surface area contributed by atoms with E-state index in [2.05, 4.69) is 15.3 Å². The number of nitrogens with one attached hydrogen (secondary N) is 2. The lowest BCUT2D eigenvalue weighted by Crippen LogP contribution is -2.36. The van der Waals surface area contributed by atoms with Crippen molar-refractivity contribution in [1.29, 1.82) is 0 Å². The first kappa shape index (κ1) is 15.6. The first-order valence-corrected chi connectivity index (χ1v) is 8.57. The highest BCUT2D eigenvalue weighted by Crippen LogP contribution is 2.28. The molecule has 128 valence electrons. The number of pyridine rings is 1. The number of aryl methyl sites for hydroxylation is 1. The van der Waals surface area contributed by atoms with Crippen LogP contribution in [0.5, 0.6) is 0 Å². The molecule has 3 aromatic rings. The Morgan fingerprint density at radius 3 is 3.04 bits per heavy atom. The van der Waals surface area contributed by atoms with Gasteiger partial charge in [0.2, 0.25) is 11.5 Å². The molecular formula is C19H20N4O2. The number of rotatable bonds is 3. The summed E-state index contributed by atoms with van der Waals surface area (Å²) >= 11 is 0. The van der Waals surface area contributed by atoms with Crippen molar-refractivity contribution >= 4 is 16.9 Å². The first-order chi connectivity index (χ1) is 12.1. The Labute approximate surface area is 144 Å². The highest BCUT2D eigenvalue weighted by atomic mass is 16.2. The maximum atomic E-state index is 12.8. The van der Waals surface area contributed by atoms with Gasteiger partial charge in [-0.15, -0.1) is 0 Å². The van der Waals surface area contributed by atoms with Gasteiger partial charge in [0.1, 0.15) is 6.04 Å². The molecule has 0 saturated heterocycles. The van der Waals surface area contributed by atoms with Crippen molar-refractivity contribution in [3.05, 3.63) is 64.3 Å². The number of carbonyl (C=O) groups excluding carboxylic acids is 1. The van der Waals surface area contributed by atoms with Gasteiger partial charge in [-0.25, -0.2) is 4.98 Å². The number of aromatic amines is 1. The van der Waals surface area contributed by atoms with E-state index in [4.69, 9.17) is 0 Å². The fourth-order valence-electron chi connectivity index (χ4n) is 3.56. The van der Waals surface area contributed by atoms with Crippen LogP contribution in [0, 0.1) is 0 Å². The van der Waals surface area contributed by atoms with Crippen LogP contribution in [-0.2, 0) is 11.2 Å². The van der Waals surface area contributed by atoms with E-state index in [-0.39, 0.29) is 23.6 Å². The van der Waals surface area contributed by atoms with Gasteiger partial charge in [0.15, 0.2) is 0 Å². The van der Waals surface area contributed by atoms with E-state index < -0.39 is 0 Å². The van der Waals surface area contributed by atoms with Gasteiger partial charge in [-0.2, -0.15) is 0 Å². The second kappa shape index (κ2) is 6.20. The lowest BCUT2D eigenvalue weighted by Gasteiger charge is -2.27. The number of imidazole rings is 1. The van der Waals surface area contributed by atoms with Crippen LogP contribution in [0.25, 0.3) is 11.0 Å². The van der Waals surface area contributed by atoms with Gasteiger partial charge in [0.25, 0.3) is 0 Å². The minimum absolute atomic E-state index is 0.0489. The highest BCUT2D eigenvalue weighted by molar-refractivity contribution is 5.83. The van der Waals surface area contributed by atoms with E-state index in [1.807, 2.05) is 41.8 Å². The molecule has 0 spiro atoms. The standard InChI is InChI=1S/C19H20N4O2/c1-12(23-11-20-16-5-2-3-8-17(16)23)19(25)22-15-7-4-6-14-13(15)9-10-18(24)21-14/h2-3,5,8-12,15H,4,6-7H2,1H3,(H,21,24)(H,22,25). The molecule has 2 unspecified atom stereocenters. The summed E-state index contributed by atoms with van der Waals surface area (Å²) in [7, 11) is 0. The van der Waals surface area contributed by atoms with E-state index in [1.165, 1.54) is 6.07 Å². The van der Waals surface area contributed by atoms with Crippen molar-refractivity contribution in [2.24, 2.45) is 0 Å². The molecule has 1 aliphatic carbocycles. The highest BCUT2D eigenvalue weighted by Gasteiger charge is 2.25. The van der Waals surface area contributed by atoms with Gasteiger partial charge in [0, 0.05) is 11.8 Å². The molecule has 1 aliphatic rings. The average Bonchev–Trinajstić information content (AvgIpc) is 3.05. The summed E-state index contributed by atoms with van der Waals surface area (Å²) in [5.74, 6) is -0.0489. The zero-order valence-corrected chi connectivity index (χ0v) is 14.0. The lowest BCUT2D eigenvalue weighted by molar-refractivity contribution is -0.124. The van der Waals surface area contributed by atoms with Gasteiger partial charge in [-0.3, -0.25) is 9.59 Å². The van der Waals surface area contributed by atoms with E-state index in [0.29, 0.717) is 0 Å². The van der Waals surface area contributed by atoms with Crippen molar-refractivity contribution in [3.8, 4) is 0 Å². The summed E-state index contributed by atoms with van der Waals surface area (Å²) in [6, 6.07) is 10.7. The number of para-hydroxylation sites is 2. The summed E-state index contributed by atoms with van der Waals surface area (Å²) < 4.78 is 1.89. The summed E-state index contributed by atoms with van der Waals surface area (Å²) in [5, 5.41) is 3.14. The molecule has 0 bridgehead atoms. The van der Waals surface area contributed by atoms with Crippen molar-refractivity contribution in [2.75, 3.05) is 0 Å². The zero-order valence-electron chi connectivity index (χ0n) is 14.0. The van der Waals surface area contributed by atoms with Gasteiger partial charge in [-0.1, -0.05) is 12.1 Å². The van der Waals surface area contributed by atoms with Crippen molar-refractivity contribution in [1.82, 2.24) is 19.9 Å². The van der Waals surface area contributed by atoms with Crippen LogP contribution in [0.1, 0.15) is 43.1 Å². The fraction of sp³-hybridized carbons (Fsp3) is 0.316. The number of carbonyl (C=O) groups is 1. The summed E-state index contributed by atoms with van der Waals surface area (Å²) in [5.41, 5.74) is 3.68. The molecule has 1 amide bonds. The predicted molar refractivity (Wildman–Crippen MR) is 95.3 cm³/mol. The third-order valence-electron chi connectivity index (χ3n) is 4.93. The number of hydrogen-bond acceptors (Lipinski definition) is 3. The monoisotopic (exact) mass is 336 g/mol. The smallest absolute Gasteiger partial charge is 0.248 e. The van der Waals surface area contributed by atoms with Crippen LogP contribution < -0.4 is 10.9 Å². The van der Waals surface area contributed by atoms with Gasteiger partial charge >= 0.3 is 0 Å². The zero-order chi connectivity index (χ0) is 17.4. The molecule has 0 fully saturated rings. The number of H-pyrrole nitrogens is 1. The molecule has 6 heteroatoms. The number of amides is 1. The molecule has 2 heterocycles. The van der Waals surface area contributed by atoms with Crippen LogP contribution in [0.4, 0.5) is 0 Å². The van der Waals surface area contributed by atoms with Crippen LogP contribution in [-0.4, -0.2) is 20.4 Å². The maximum absolute atomic E-state index is 12.8. The van der Waals surface area contributed by atoms with Crippen molar-refractivity contribution < 1.29 is 4.79 Å².